The summed E-state index contributed by atoms with van der Waals surface area (Å²) in [6, 6.07) is 0.336. The van der Waals surface area contributed by atoms with Gasteiger partial charge in [0.05, 0.1) is 6.54 Å². The van der Waals surface area contributed by atoms with Crippen LogP contribution in [0.4, 0.5) is 0 Å². The van der Waals surface area contributed by atoms with E-state index in [1.165, 1.54) is 25.7 Å². The number of fused-ring (bicyclic) bond motifs is 2. The molecule has 0 aliphatic heterocycles. The molecule has 2 aliphatic carbocycles. The first-order chi connectivity index (χ1) is 8.20. The second kappa shape index (κ2) is 5.67. The first kappa shape index (κ1) is 12.6. The molecule has 0 aromatic heterocycles. The van der Waals surface area contributed by atoms with Crippen LogP contribution >= 0.6 is 0 Å². The maximum atomic E-state index is 11.7. The molecule has 0 saturated heterocycles. The largest absolute Gasteiger partial charge is 0.352 e. The second-order valence-corrected chi connectivity index (χ2v) is 5.61. The SMILES string of the molecule is C=CCNCC(=O)N[C@@H](C)[C@@H]1C[C@@H]2CC[C@@H]1C2. The Kier molecular flexibility index (Phi) is 4.21. The molecule has 0 spiro atoms. The minimum absolute atomic E-state index is 0.113. The third-order valence-electron chi connectivity index (χ3n) is 4.40. The number of carbonyl (C=O) groups excluding carboxylic acids is 1. The Balaban J connectivity index is 1.71. The molecule has 2 saturated carbocycles. The van der Waals surface area contributed by atoms with E-state index >= 15 is 0 Å². The topological polar surface area (TPSA) is 41.1 Å². The maximum absolute atomic E-state index is 11.7. The van der Waals surface area contributed by atoms with Crippen LogP contribution in [-0.4, -0.2) is 25.0 Å². The molecule has 2 N–H and O–H groups in total. The molecule has 1 amide bonds. The van der Waals surface area contributed by atoms with Gasteiger partial charge in [-0.05, 0) is 43.9 Å². The zero-order valence-electron chi connectivity index (χ0n) is 10.7. The fraction of sp³-hybridized carbons (Fsp3) is 0.786. The second-order valence-electron chi connectivity index (χ2n) is 5.61. The molecule has 4 atom stereocenters. The number of hydrogen-bond donors (Lipinski definition) is 2. The molecule has 3 nitrogen and oxygen atoms in total. The van der Waals surface area contributed by atoms with Gasteiger partial charge in [-0.15, -0.1) is 6.58 Å². The summed E-state index contributed by atoms with van der Waals surface area (Å²) in [5.41, 5.74) is 0. The average molecular weight is 236 g/mol. The van der Waals surface area contributed by atoms with E-state index in [9.17, 15) is 4.79 Å². The van der Waals surface area contributed by atoms with Crippen molar-refractivity contribution in [3.05, 3.63) is 12.7 Å². The van der Waals surface area contributed by atoms with Crippen LogP contribution < -0.4 is 10.6 Å². The quantitative estimate of drug-likeness (QED) is 0.544. The van der Waals surface area contributed by atoms with Gasteiger partial charge in [-0.1, -0.05) is 12.5 Å². The number of rotatable bonds is 6. The van der Waals surface area contributed by atoms with Gasteiger partial charge in [0.15, 0.2) is 0 Å². The summed E-state index contributed by atoms with van der Waals surface area (Å²) < 4.78 is 0. The molecular formula is C14H24N2O. The maximum Gasteiger partial charge on any atom is 0.234 e. The predicted octanol–water partition coefficient (Wildman–Crippen LogP) is 1.70. The van der Waals surface area contributed by atoms with Crippen LogP contribution in [-0.2, 0) is 4.79 Å². The minimum atomic E-state index is 0.113. The zero-order valence-corrected chi connectivity index (χ0v) is 10.7. The van der Waals surface area contributed by atoms with Crippen molar-refractivity contribution >= 4 is 5.91 Å². The summed E-state index contributed by atoms with van der Waals surface area (Å²) in [4.78, 5) is 11.7. The van der Waals surface area contributed by atoms with Crippen LogP contribution in [0.5, 0.6) is 0 Å². The first-order valence-corrected chi connectivity index (χ1v) is 6.81. The van der Waals surface area contributed by atoms with Gasteiger partial charge in [0, 0.05) is 12.6 Å². The number of carbonyl (C=O) groups is 1. The Morgan fingerprint density at radius 2 is 2.29 bits per heavy atom. The lowest BCUT2D eigenvalue weighted by Crippen LogP contribution is -2.43. The molecule has 17 heavy (non-hydrogen) atoms. The highest BCUT2D eigenvalue weighted by Crippen LogP contribution is 2.49. The van der Waals surface area contributed by atoms with Crippen molar-refractivity contribution < 1.29 is 4.79 Å². The highest BCUT2D eigenvalue weighted by Gasteiger charge is 2.41. The van der Waals surface area contributed by atoms with Gasteiger partial charge in [-0.2, -0.15) is 0 Å². The molecule has 3 heteroatoms. The van der Waals surface area contributed by atoms with E-state index in [2.05, 4.69) is 24.1 Å². The average Bonchev–Trinajstić information content (AvgIpc) is 2.91. The molecule has 0 unspecified atom stereocenters. The van der Waals surface area contributed by atoms with E-state index in [0.29, 0.717) is 19.1 Å². The molecular weight excluding hydrogens is 212 g/mol. The lowest BCUT2D eigenvalue weighted by atomic mass is 9.84. The Bertz CT molecular complexity index is 290. The minimum Gasteiger partial charge on any atom is -0.352 e. The lowest BCUT2D eigenvalue weighted by molar-refractivity contribution is -0.121. The van der Waals surface area contributed by atoms with Gasteiger partial charge >= 0.3 is 0 Å². The van der Waals surface area contributed by atoms with E-state index in [1.54, 1.807) is 6.08 Å². The fourth-order valence-corrected chi connectivity index (χ4v) is 3.61. The summed E-state index contributed by atoms with van der Waals surface area (Å²) in [5, 5.41) is 6.16. The van der Waals surface area contributed by atoms with Crippen molar-refractivity contribution in [3.8, 4) is 0 Å². The number of amides is 1. The summed E-state index contributed by atoms with van der Waals surface area (Å²) in [5.74, 6) is 2.65. The molecule has 2 rings (SSSR count). The fourth-order valence-electron chi connectivity index (χ4n) is 3.61. The van der Waals surface area contributed by atoms with Crippen molar-refractivity contribution in [2.75, 3.05) is 13.1 Å². The van der Waals surface area contributed by atoms with Gasteiger partial charge in [0.2, 0.25) is 5.91 Å². The van der Waals surface area contributed by atoms with E-state index < -0.39 is 0 Å². The van der Waals surface area contributed by atoms with Crippen LogP contribution in [0.15, 0.2) is 12.7 Å². The Hall–Kier alpha value is -0.830. The Morgan fingerprint density at radius 1 is 1.47 bits per heavy atom. The number of nitrogens with one attached hydrogen (secondary N) is 2. The van der Waals surface area contributed by atoms with Crippen LogP contribution in [0.25, 0.3) is 0 Å². The van der Waals surface area contributed by atoms with Crippen molar-refractivity contribution in [2.24, 2.45) is 17.8 Å². The van der Waals surface area contributed by atoms with E-state index in [4.69, 9.17) is 0 Å². The number of hydrogen-bond acceptors (Lipinski definition) is 2. The van der Waals surface area contributed by atoms with Crippen molar-refractivity contribution in [3.63, 3.8) is 0 Å². The monoisotopic (exact) mass is 236 g/mol. The van der Waals surface area contributed by atoms with Crippen LogP contribution in [0.3, 0.4) is 0 Å². The Morgan fingerprint density at radius 3 is 2.88 bits per heavy atom. The molecule has 96 valence electrons. The first-order valence-electron chi connectivity index (χ1n) is 6.81. The molecule has 0 heterocycles. The normalized spacial score (nSPS) is 32.4. The zero-order chi connectivity index (χ0) is 12.3. The van der Waals surface area contributed by atoms with Crippen molar-refractivity contribution in [1.29, 1.82) is 0 Å². The standard InChI is InChI=1S/C14H24N2O/c1-3-6-15-9-14(17)16-10(2)13-8-11-4-5-12(13)7-11/h3,10-13,15H,1,4-9H2,2H3,(H,16,17)/t10-,11+,12+,13-/m0/s1. The lowest BCUT2D eigenvalue weighted by Gasteiger charge is -2.28. The summed E-state index contributed by atoms with van der Waals surface area (Å²) in [6.07, 6.45) is 7.30. The summed E-state index contributed by atoms with van der Waals surface area (Å²) >= 11 is 0. The predicted molar refractivity (Wildman–Crippen MR) is 69.6 cm³/mol. The summed E-state index contributed by atoms with van der Waals surface area (Å²) in [6.45, 7) is 6.87. The van der Waals surface area contributed by atoms with Gasteiger partial charge in [0.25, 0.3) is 0 Å². The molecule has 0 aromatic carbocycles. The van der Waals surface area contributed by atoms with Crippen molar-refractivity contribution in [2.45, 2.75) is 38.6 Å². The molecule has 0 aromatic rings. The van der Waals surface area contributed by atoms with E-state index in [0.717, 1.165) is 17.8 Å². The third kappa shape index (κ3) is 3.09. The highest BCUT2D eigenvalue weighted by atomic mass is 16.1. The van der Waals surface area contributed by atoms with Crippen LogP contribution in [0, 0.1) is 17.8 Å². The van der Waals surface area contributed by atoms with Gasteiger partial charge in [-0.25, -0.2) is 0 Å². The molecule has 2 bridgehead atoms. The van der Waals surface area contributed by atoms with Gasteiger partial charge in [0.1, 0.15) is 0 Å². The van der Waals surface area contributed by atoms with E-state index in [-0.39, 0.29) is 5.91 Å². The van der Waals surface area contributed by atoms with Crippen LogP contribution in [0.2, 0.25) is 0 Å². The van der Waals surface area contributed by atoms with Gasteiger partial charge in [-0.3, -0.25) is 4.79 Å². The molecule has 2 fully saturated rings. The Labute approximate surface area is 104 Å². The third-order valence-corrected chi connectivity index (χ3v) is 4.40. The highest BCUT2D eigenvalue weighted by molar-refractivity contribution is 5.78. The molecule has 0 radical (unpaired) electrons. The smallest absolute Gasteiger partial charge is 0.234 e. The summed E-state index contributed by atoms with van der Waals surface area (Å²) in [7, 11) is 0. The molecule has 2 aliphatic rings. The van der Waals surface area contributed by atoms with Crippen LogP contribution in [0.1, 0.15) is 32.6 Å². The van der Waals surface area contributed by atoms with E-state index in [1.807, 2.05) is 0 Å². The van der Waals surface area contributed by atoms with Gasteiger partial charge < -0.3 is 10.6 Å². The van der Waals surface area contributed by atoms with Crippen molar-refractivity contribution in [1.82, 2.24) is 10.6 Å².